The molecule has 0 radical (unpaired) electrons. The zero-order chi connectivity index (χ0) is 24.7. The summed E-state index contributed by atoms with van der Waals surface area (Å²) in [5.74, 6) is 0.828. The highest BCUT2D eigenvalue weighted by Gasteiger charge is 2.49. The molecule has 3 rings (SSSR count). The lowest BCUT2D eigenvalue weighted by molar-refractivity contribution is 0.475. The second-order valence-electron chi connectivity index (χ2n) is 7.33. The molecule has 2 aliphatic rings. The fraction of sp³-hybridized carbons (Fsp3) is 0. The largest absolute Gasteiger partial charge is 0.508 e. The summed E-state index contributed by atoms with van der Waals surface area (Å²) in [4.78, 5) is 8.98. The van der Waals surface area contributed by atoms with Crippen molar-refractivity contribution in [1.29, 1.82) is 0 Å². The number of fused-ring (bicyclic) bond motifs is 3. The first kappa shape index (κ1) is 24.1. The molecule has 1 aromatic carbocycles. The van der Waals surface area contributed by atoms with Crippen LogP contribution in [0.25, 0.3) is 0 Å². The Balaban J connectivity index is 2.48. The highest BCUT2D eigenvalue weighted by Crippen LogP contribution is 2.50. The Kier molecular flexibility index (Phi) is 7.73. The smallest absolute Gasteiger partial charge is 0.422 e. The molecule has 1 N–H and O–H groups in total. The third kappa shape index (κ3) is 4.24. The molecule has 2 aliphatic heterocycles. The SMILES string of the molecule is C=CC=NC1=C(C=C)C(C=C)=C(/C=C\C=C)B2N1c1cc(O)ccc1N2C(/C=C\C=C)=C/C=C. The number of rotatable bonds is 10. The van der Waals surface area contributed by atoms with Crippen LogP contribution in [0.4, 0.5) is 11.4 Å². The van der Waals surface area contributed by atoms with Crippen LogP contribution in [0.5, 0.6) is 5.75 Å². The molecule has 168 valence electrons. The number of nitrogens with zero attached hydrogens (tertiary/aromatic N) is 3. The van der Waals surface area contributed by atoms with Crippen molar-refractivity contribution >= 4 is 24.6 Å². The maximum atomic E-state index is 10.4. The van der Waals surface area contributed by atoms with Crippen LogP contribution >= 0.6 is 0 Å². The van der Waals surface area contributed by atoms with Gasteiger partial charge < -0.3 is 14.7 Å². The van der Waals surface area contributed by atoms with E-state index in [1.165, 1.54) is 0 Å². The molecular weight excluding hydrogens is 417 g/mol. The first-order valence-electron chi connectivity index (χ1n) is 10.8. The average Bonchev–Trinajstić information content (AvgIpc) is 3.17. The van der Waals surface area contributed by atoms with E-state index in [1.54, 1.807) is 48.7 Å². The maximum Gasteiger partial charge on any atom is 0.422 e. The third-order valence-electron chi connectivity index (χ3n) is 5.41. The highest BCUT2D eigenvalue weighted by molar-refractivity contribution is 6.79. The molecule has 0 amide bonds. The lowest BCUT2D eigenvalue weighted by atomic mass is 9.59. The van der Waals surface area contributed by atoms with Gasteiger partial charge in [0.25, 0.3) is 0 Å². The first-order chi connectivity index (χ1) is 16.6. The van der Waals surface area contributed by atoms with Crippen LogP contribution < -0.4 is 9.62 Å². The quantitative estimate of drug-likeness (QED) is 0.246. The standard InChI is InChI=1S/C29H28BN3O/c1-7-13-16-22(15-9-3)32-27-19-18-23(34)21-28(27)33-29(31-20-10-4)25(12-6)24(11-5)26(30(32)33)17-14-8-2/h7-21,34H,1-6H2/b16-13-,17-14-,22-15+,31-20?. The summed E-state index contributed by atoms with van der Waals surface area (Å²) in [6, 6.07) is 5.31. The van der Waals surface area contributed by atoms with Gasteiger partial charge >= 0.3 is 6.98 Å². The Labute approximate surface area is 202 Å². The zero-order valence-corrected chi connectivity index (χ0v) is 19.3. The monoisotopic (exact) mass is 445 g/mol. The van der Waals surface area contributed by atoms with Gasteiger partial charge in [-0.05, 0) is 35.3 Å². The van der Waals surface area contributed by atoms with Gasteiger partial charge in [-0.15, -0.1) is 0 Å². The third-order valence-corrected chi connectivity index (χ3v) is 5.41. The minimum atomic E-state index is -0.331. The first-order valence-corrected chi connectivity index (χ1v) is 10.8. The Morgan fingerprint density at radius 3 is 2.24 bits per heavy atom. The fourth-order valence-electron chi connectivity index (χ4n) is 4.16. The lowest BCUT2D eigenvalue weighted by Gasteiger charge is -2.36. The molecule has 34 heavy (non-hydrogen) atoms. The molecule has 0 aromatic heterocycles. The number of hydrogen-bond acceptors (Lipinski definition) is 4. The van der Waals surface area contributed by atoms with Crippen LogP contribution in [-0.2, 0) is 0 Å². The molecule has 4 nitrogen and oxygen atoms in total. The Morgan fingerprint density at radius 2 is 1.62 bits per heavy atom. The van der Waals surface area contributed by atoms with Gasteiger partial charge in [0.15, 0.2) is 0 Å². The van der Waals surface area contributed by atoms with E-state index in [0.717, 1.165) is 33.7 Å². The van der Waals surface area contributed by atoms with Gasteiger partial charge in [0, 0.05) is 23.6 Å². The average molecular weight is 445 g/mol. The Morgan fingerprint density at radius 1 is 0.882 bits per heavy atom. The van der Waals surface area contributed by atoms with Crippen LogP contribution in [0.3, 0.4) is 0 Å². The van der Waals surface area contributed by atoms with Crippen LogP contribution in [-0.4, -0.2) is 18.3 Å². The number of aromatic hydroxyl groups is 1. The van der Waals surface area contributed by atoms with E-state index in [2.05, 4.69) is 49.1 Å². The van der Waals surface area contributed by atoms with E-state index in [0.29, 0.717) is 5.82 Å². The number of allylic oxidation sites excluding steroid dienone is 14. The van der Waals surface area contributed by atoms with Gasteiger partial charge in [-0.2, -0.15) is 0 Å². The molecule has 0 atom stereocenters. The van der Waals surface area contributed by atoms with Crippen molar-refractivity contribution in [3.8, 4) is 5.75 Å². The molecule has 0 aliphatic carbocycles. The minimum absolute atomic E-state index is 0.157. The summed E-state index contributed by atoms with van der Waals surface area (Å²) in [6.07, 6.45) is 21.7. The van der Waals surface area contributed by atoms with Gasteiger partial charge in [-0.3, -0.25) is 0 Å². The van der Waals surface area contributed by atoms with Crippen molar-refractivity contribution in [2.45, 2.75) is 0 Å². The Bertz CT molecular complexity index is 1240. The lowest BCUT2D eigenvalue weighted by Crippen LogP contribution is -2.51. The zero-order valence-electron chi connectivity index (χ0n) is 19.3. The van der Waals surface area contributed by atoms with E-state index < -0.39 is 0 Å². The van der Waals surface area contributed by atoms with E-state index in [9.17, 15) is 5.11 Å². The number of benzene rings is 1. The predicted octanol–water partition coefficient (Wildman–Crippen LogP) is 6.75. The molecule has 5 heteroatoms. The molecule has 0 spiro atoms. The van der Waals surface area contributed by atoms with Gasteiger partial charge in [-0.1, -0.05) is 94.2 Å². The molecule has 0 unspecified atom stereocenters. The van der Waals surface area contributed by atoms with Crippen molar-refractivity contribution in [2.24, 2.45) is 4.99 Å². The van der Waals surface area contributed by atoms with Crippen molar-refractivity contribution < 1.29 is 5.11 Å². The molecule has 0 fully saturated rings. The summed E-state index contributed by atoms with van der Waals surface area (Å²) in [5.41, 5.74) is 5.28. The van der Waals surface area contributed by atoms with E-state index in [4.69, 9.17) is 4.99 Å². The summed E-state index contributed by atoms with van der Waals surface area (Å²) in [5, 5.41) is 10.4. The van der Waals surface area contributed by atoms with Crippen LogP contribution in [0.2, 0.25) is 0 Å². The second kappa shape index (κ2) is 10.9. The highest BCUT2D eigenvalue weighted by atomic mass is 16.3. The van der Waals surface area contributed by atoms with Crippen molar-refractivity contribution in [3.05, 3.63) is 153 Å². The number of hydrogen-bond donors (Lipinski definition) is 1. The molecule has 2 heterocycles. The van der Waals surface area contributed by atoms with Crippen molar-refractivity contribution in [3.63, 3.8) is 0 Å². The summed E-state index contributed by atoms with van der Waals surface area (Å²) in [6.45, 7) is 23.1. The number of phenols is 1. The van der Waals surface area contributed by atoms with Crippen LogP contribution in [0.1, 0.15) is 0 Å². The summed E-state index contributed by atoms with van der Waals surface area (Å²) >= 11 is 0. The molecule has 0 saturated carbocycles. The molecule has 0 bridgehead atoms. The second-order valence-corrected chi connectivity index (χ2v) is 7.33. The maximum absolute atomic E-state index is 10.4. The topological polar surface area (TPSA) is 39.1 Å². The van der Waals surface area contributed by atoms with Gasteiger partial charge in [0.1, 0.15) is 11.6 Å². The van der Waals surface area contributed by atoms with Crippen molar-refractivity contribution in [1.82, 2.24) is 0 Å². The number of aliphatic imine (C=N–C) groups is 1. The predicted molar refractivity (Wildman–Crippen MR) is 149 cm³/mol. The molecule has 0 saturated heterocycles. The minimum Gasteiger partial charge on any atom is -0.508 e. The van der Waals surface area contributed by atoms with Gasteiger partial charge in [0.05, 0.1) is 11.4 Å². The van der Waals surface area contributed by atoms with Gasteiger partial charge in [-0.25, -0.2) is 4.99 Å². The number of anilines is 2. The van der Waals surface area contributed by atoms with Crippen LogP contribution in [0, 0.1) is 0 Å². The summed E-state index contributed by atoms with van der Waals surface area (Å²) in [7, 11) is 0. The molecular formula is C29H28BN3O. The van der Waals surface area contributed by atoms with Gasteiger partial charge in [0.2, 0.25) is 0 Å². The van der Waals surface area contributed by atoms with Crippen LogP contribution in [0.15, 0.2) is 158 Å². The van der Waals surface area contributed by atoms with E-state index in [1.807, 2.05) is 42.5 Å². The number of phenolic OH excluding ortho intramolecular Hbond substituents is 1. The fourth-order valence-corrected chi connectivity index (χ4v) is 4.16. The Hall–Kier alpha value is -4.51. The molecule has 1 aromatic rings. The van der Waals surface area contributed by atoms with E-state index in [-0.39, 0.29) is 12.7 Å². The normalized spacial score (nSPS) is 15.9. The van der Waals surface area contributed by atoms with Crippen molar-refractivity contribution in [2.75, 3.05) is 9.62 Å². The summed E-state index contributed by atoms with van der Waals surface area (Å²) < 4.78 is 0. The van der Waals surface area contributed by atoms with E-state index >= 15 is 0 Å².